The number of aliphatic hydroxyl groups excluding tert-OH is 1. The van der Waals surface area contributed by atoms with Crippen LogP contribution in [0.2, 0.25) is 0 Å². The zero-order valence-corrected chi connectivity index (χ0v) is 6.01. The minimum absolute atomic E-state index is 0.188. The topological polar surface area (TPSA) is 46.2 Å². The third-order valence-corrected chi connectivity index (χ3v) is 1.80. The van der Waals surface area contributed by atoms with Gasteiger partial charge in [0.1, 0.15) is 0 Å². The Labute approximate surface area is 57.1 Å². The molecule has 0 aliphatic carbocycles. The third kappa shape index (κ3) is 2.82. The Morgan fingerprint density at radius 2 is 2.22 bits per heavy atom. The van der Waals surface area contributed by atoms with Gasteiger partial charge in [-0.05, 0) is 18.4 Å². The molecule has 2 unspecified atom stereocenters. The first-order valence-electron chi connectivity index (χ1n) is 3.36. The van der Waals surface area contributed by atoms with E-state index in [4.69, 9.17) is 10.8 Å². The van der Waals surface area contributed by atoms with Crippen molar-refractivity contribution in [3.8, 4) is 0 Å². The van der Waals surface area contributed by atoms with Crippen LogP contribution < -0.4 is 5.73 Å². The highest BCUT2D eigenvalue weighted by Crippen LogP contribution is 2.11. The average Bonchev–Trinajstić information content (AvgIpc) is 1.90. The van der Waals surface area contributed by atoms with Crippen molar-refractivity contribution in [1.29, 1.82) is 0 Å². The predicted octanol–water partition coefficient (Wildman–Crippen LogP) is 0.414. The first kappa shape index (κ1) is 8.92. The molecule has 0 aliphatic heterocycles. The van der Waals surface area contributed by atoms with E-state index in [-0.39, 0.29) is 12.5 Å². The van der Waals surface area contributed by atoms with Gasteiger partial charge in [0.2, 0.25) is 0 Å². The van der Waals surface area contributed by atoms with E-state index in [1.54, 1.807) is 0 Å². The van der Waals surface area contributed by atoms with Crippen LogP contribution >= 0.6 is 0 Å². The molecule has 0 aliphatic rings. The van der Waals surface area contributed by atoms with Gasteiger partial charge < -0.3 is 10.8 Å². The van der Waals surface area contributed by atoms with E-state index in [2.05, 4.69) is 13.8 Å². The largest absolute Gasteiger partial charge is 0.396 e. The molecule has 0 amide bonds. The fourth-order valence-corrected chi connectivity index (χ4v) is 0.722. The Hall–Kier alpha value is -0.0800. The molecule has 0 aromatic rings. The van der Waals surface area contributed by atoms with Crippen LogP contribution in [0.4, 0.5) is 0 Å². The predicted molar refractivity (Wildman–Crippen MR) is 38.8 cm³/mol. The highest BCUT2D eigenvalue weighted by molar-refractivity contribution is 4.66. The van der Waals surface area contributed by atoms with Gasteiger partial charge in [0.25, 0.3) is 0 Å². The lowest BCUT2D eigenvalue weighted by Gasteiger charge is -2.17. The Bertz CT molecular complexity index is 61.9. The monoisotopic (exact) mass is 130 g/mol. The van der Waals surface area contributed by atoms with E-state index in [1.807, 2.05) is 0 Å². The Morgan fingerprint density at radius 1 is 1.67 bits per heavy atom. The van der Waals surface area contributed by atoms with Crippen molar-refractivity contribution >= 4 is 0 Å². The number of rotatable bonds is 4. The minimum atomic E-state index is 0.188. The second-order valence-corrected chi connectivity index (χ2v) is 2.44. The molecule has 0 bridgehead atoms. The molecule has 1 radical (unpaired) electrons. The molecule has 0 aromatic heterocycles. The van der Waals surface area contributed by atoms with Crippen LogP contribution in [0.5, 0.6) is 0 Å². The summed E-state index contributed by atoms with van der Waals surface area (Å²) in [7, 11) is 0. The second kappa shape index (κ2) is 4.77. The number of hydrogen-bond acceptors (Lipinski definition) is 2. The van der Waals surface area contributed by atoms with Crippen LogP contribution in [0.1, 0.15) is 13.3 Å². The van der Waals surface area contributed by atoms with Crippen LogP contribution in [0.15, 0.2) is 0 Å². The summed E-state index contributed by atoms with van der Waals surface area (Å²) < 4.78 is 0. The van der Waals surface area contributed by atoms with Crippen LogP contribution in [0, 0.1) is 18.8 Å². The highest BCUT2D eigenvalue weighted by Gasteiger charge is 2.11. The fraction of sp³-hybridized carbons (Fsp3) is 0.857. The minimum Gasteiger partial charge on any atom is -0.396 e. The summed E-state index contributed by atoms with van der Waals surface area (Å²) in [6, 6.07) is 0. The van der Waals surface area contributed by atoms with E-state index in [0.717, 1.165) is 6.42 Å². The molecule has 0 rings (SSSR count). The smallest absolute Gasteiger partial charge is 0.0473 e. The molecular formula is C7H16NO. The van der Waals surface area contributed by atoms with Gasteiger partial charge in [-0.3, -0.25) is 0 Å². The molecule has 0 saturated heterocycles. The van der Waals surface area contributed by atoms with Crippen molar-refractivity contribution in [2.45, 2.75) is 13.3 Å². The maximum atomic E-state index is 8.72. The van der Waals surface area contributed by atoms with Crippen molar-refractivity contribution in [2.75, 3.05) is 13.2 Å². The van der Waals surface area contributed by atoms with Gasteiger partial charge in [-0.1, -0.05) is 20.3 Å². The lowest BCUT2D eigenvalue weighted by atomic mass is 9.93. The molecule has 0 saturated carbocycles. The van der Waals surface area contributed by atoms with Crippen LogP contribution in [0.25, 0.3) is 0 Å². The Morgan fingerprint density at radius 3 is 2.33 bits per heavy atom. The van der Waals surface area contributed by atoms with Crippen molar-refractivity contribution in [3.63, 3.8) is 0 Å². The fourth-order valence-electron chi connectivity index (χ4n) is 0.722. The molecule has 3 N–H and O–H groups in total. The second-order valence-electron chi connectivity index (χ2n) is 2.44. The summed E-state index contributed by atoms with van der Waals surface area (Å²) in [6.07, 6.45) is 0.850. The number of aliphatic hydroxyl groups is 1. The van der Waals surface area contributed by atoms with E-state index in [9.17, 15) is 0 Å². The van der Waals surface area contributed by atoms with Crippen molar-refractivity contribution < 1.29 is 5.11 Å². The maximum absolute atomic E-state index is 8.72. The van der Waals surface area contributed by atoms with Gasteiger partial charge in [-0.25, -0.2) is 0 Å². The molecular weight excluding hydrogens is 114 g/mol. The summed E-state index contributed by atoms with van der Waals surface area (Å²) in [5.74, 6) is 0.683. The molecule has 0 fully saturated rings. The standard InChI is InChI=1S/C7H16NO/c1-3-6(2)7(4-8)5-9/h6-7,9H,1,3-5,8H2,2H3. The van der Waals surface area contributed by atoms with Gasteiger partial charge in [-0.15, -0.1) is 0 Å². The van der Waals surface area contributed by atoms with Gasteiger partial charge in [-0.2, -0.15) is 0 Å². The molecule has 0 spiro atoms. The van der Waals surface area contributed by atoms with E-state index < -0.39 is 0 Å². The van der Waals surface area contributed by atoms with E-state index >= 15 is 0 Å². The van der Waals surface area contributed by atoms with Gasteiger partial charge in [0.15, 0.2) is 0 Å². The van der Waals surface area contributed by atoms with Gasteiger partial charge in [0.05, 0.1) is 0 Å². The summed E-state index contributed by atoms with van der Waals surface area (Å²) in [5, 5.41) is 8.72. The quantitative estimate of drug-likeness (QED) is 0.579. The molecule has 55 valence electrons. The molecule has 2 atom stereocenters. The van der Waals surface area contributed by atoms with Crippen molar-refractivity contribution in [1.82, 2.24) is 0 Å². The van der Waals surface area contributed by atoms with Gasteiger partial charge >= 0.3 is 0 Å². The van der Waals surface area contributed by atoms with Crippen LogP contribution in [-0.4, -0.2) is 18.3 Å². The summed E-state index contributed by atoms with van der Waals surface area (Å²) in [6.45, 7) is 6.54. The maximum Gasteiger partial charge on any atom is 0.0473 e. The molecule has 0 heterocycles. The lowest BCUT2D eigenvalue weighted by molar-refractivity contribution is 0.188. The third-order valence-electron chi connectivity index (χ3n) is 1.80. The molecule has 2 heteroatoms. The summed E-state index contributed by atoms with van der Waals surface area (Å²) >= 11 is 0. The molecule has 0 aromatic carbocycles. The van der Waals surface area contributed by atoms with E-state index in [1.165, 1.54) is 0 Å². The molecule has 9 heavy (non-hydrogen) atoms. The summed E-state index contributed by atoms with van der Waals surface area (Å²) in [4.78, 5) is 0. The summed E-state index contributed by atoms with van der Waals surface area (Å²) in [5.41, 5.74) is 5.37. The van der Waals surface area contributed by atoms with Crippen LogP contribution in [0.3, 0.4) is 0 Å². The van der Waals surface area contributed by atoms with Crippen LogP contribution in [-0.2, 0) is 0 Å². The Kier molecular flexibility index (Phi) is 4.72. The van der Waals surface area contributed by atoms with E-state index in [0.29, 0.717) is 12.5 Å². The number of nitrogens with two attached hydrogens (primary N) is 1. The SMILES string of the molecule is [CH2]CC(C)C(CN)CO. The zero-order valence-electron chi connectivity index (χ0n) is 6.01. The lowest BCUT2D eigenvalue weighted by Crippen LogP contribution is -2.24. The van der Waals surface area contributed by atoms with Crippen molar-refractivity contribution in [3.05, 3.63) is 6.92 Å². The zero-order chi connectivity index (χ0) is 7.28. The first-order chi connectivity index (χ1) is 4.26. The first-order valence-corrected chi connectivity index (χ1v) is 3.36. The molecule has 2 nitrogen and oxygen atoms in total. The highest BCUT2D eigenvalue weighted by atomic mass is 16.3. The average molecular weight is 130 g/mol. The Balaban J connectivity index is 3.50. The number of hydrogen-bond donors (Lipinski definition) is 2. The normalized spacial score (nSPS) is 17.3. The van der Waals surface area contributed by atoms with Gasteiger partial charge in [0, 0.05) is 6.61 Å². The van der Waals surface area contributed by atoms with Crippen molar-refractivity contribution in [2.24, 2.45) is 17.6 Å².